The van der Waals surface area contributed by atoms with Crippen molar-refractivity contribution < 1.29 is 9.53 Å². The minimum Gasteiger partial charge on any atom is -0.496 e. The molecule has 0 aliphatic carbocycles. The number of ether oxygens (including phenoxy) is 1. The normalized spacial score (nSPS) is 25.5. The number of nitrogens with zero attached hydrogens (tertiary/aromatic N) is 2. The maximum Gasteiger partial charge on any atom is 0.342 e. The van der Waals surface area contributed by atoms with E-state index in [1.54, 1.807) is 19.5 Å². The van der Waals surface area contributed by atoms with Crippen molar-refractivity contribution in [1.29, 1.82) is 0 Å². The number of methoxy groups -OCH3 is 1. The van der Waals surface area contributed by atoms with Crippen LogP contribution in [0.4, 0.5) is 4.79 Å². The second kappa shape index (κ2) is 5.70. The highest BCUT2D eigenvalue weighted by Crippen LogP contribution is 2.30. The number of para-hydroxylation sites is 1. The van der Waals surface area contributed by atoms with Gasteiger partial charge >= 0.3 is 6.03 Å². The molecule has 2 N–H and O–H groups in total. The van der Waals surface area contributed by atoms with Crippen LogP contribution >= 0.6 is 0 Å². The number of benzene rings is 1. The first-order valence-electron chi connectivity index (χ1n) is 7.99. The van der Waals surface area contributed by atoms with Crippen molar-refractivity contribution >= 4 is 6.03 Å². The van der Waals surface area contributed by atoms with Crippen molar-refractivity contribution in [2.45, 2.75) is 37.4 Å². The van der Waals surface area contributed by atoms with Crippen LogP contribution in [0, 0.1) is 0 Å². The van der Waals surface area contributed by atoms with Crippen LogP contribution in [0.1, 0.15) is 19.3 Å². The number of rotatable bonds is 3. The van der Waals surface area contributed by atoms with Gasteiger partial charge in [0.1, 0.15) is 5.75 Å². The van der Waals surface area contributed by atoms with Crippen LogP contribution in [0.3, 0.4) is 0 Å². The van der Waals surface area contributed by atoms with Crippen molar-refractivity contribution in [2.75, 3.05) is 7.11 Å². The molecule has 0 unspecified atom stereocenters. The van der Waals surface area contributed by atoms with E-state index in [9.17, 15) is 4.79 Å². The third-order valence-electron chi connectivity index (χ3n) is 4.82. The molecule has 120 valence electrons. The average molecular weight is 312 g/mol. The molecule has 6 nitrogen and oxygen atoms in total. The van der Waals surface area contributed by atoms with Gasteiger partial charge < -0.3 is 15.4 Å². The van der Waals surface area contributed by atoms with Gasteiger partial charge in [0, 0.05) is 35.4 Å². The molecule has 0 spiro atoms. The van der Waals surface area contributed by atoms with E-state index in [0.717, 1.165) is 29.7 Å². The number of hydrogen-bond donors (Lipinski definition) is 2. The van der Waals surface area contributed by atoms with E-state index in [2.05, 4.69) is 15.7 Å². The Bertz CT molecular complexity index is 727. The van der Waals surface area contributed by atoms with E-state index >= 15 is 0 Å². The highest BCUT2D eigenvalue weighted by atomic mass is 16.5. The van der Waals surface area contributed by atoms with Gasteiger partial charge in [-0.15, -0.1) is 0 Å². The largest absolute Gasteiger partial charge is 0.496 e. The maximum absolute atomic E-state index is 12.4. The van der Waals surface area contributed by atoms with E-state index in [1.807, 2.05) is 24.3 Å². The van der Waals surface area contributed by atoms with E-state index < -0.39 is 0 Å². The molecule has 2 fully saturated rings. The summed E-state index contributed by atoms with van der Waals surface area (Å²) in [7, 11) is 1.64. The summed E-state index contributed by atoms with van der Waals surface area (Å²) in [6, 6.07) is 8.72. The van der Waals surface area contributed by atoms with Crippen molar-refractivity contribution in [3.63, 3.8) is 0 Å². The number of amides is 1. The predicted octanol–water partition coefficient (Wildman–Crippen LogP) is 2.01. The molecule has 4 rings (SSSR count). The maximum atomic E-state index is 12.4. The van der Waals surface area contributed by atoms with Crippen molar-refractivity contribution in [2.24, 2.45) is 0 Å². The summed E-state index contributed by atoms with van der Waals surface area (Å²) in [5, 5.41) is 10.8. The Morgan fingerprint density at radius 1 is 1.39 bits per heavy atom. The lowest BCUT2D eigenvalue weighted by Gasteiger charge is -2.21. The van der Waals surface area contributed by atoms with Gasteiger partial charge in [-0.2, -0.15) is 9.78 Å². The summed E-state index contributed by atoms with van der Waals surface area (Å²) in [6.45, 7) is 0. The molecule has 2 aliphatic rings. The van der Waals surface area contributed by atoms with Gasteiger partial charge in [-0.05, 0) is 25.3 Å². The van der Waals surface area contributed by atoms with Crippen LogP contribution in [0.15, 0.2) is 36.7 Å². The zero-order valence-corrected chi connectivity index (χ0v) is 13.0. The molecule has 0 radical (unpaired) electrons. The fourth-order valence-electron chi connectivity index (χ4n) is 3.66. The van der Waals surface area contributed by atoms with Crippen LogP contribution in [-0.2, 0) is 0 Å². The van der Waals surface area contributed by atoms with E-state index in [4.69, 9.17) is 4.74 Å². The molecule has 23 heavy (non-hydrogen) atoms. The lowest BCUT2D eigenvalue weighted by molar-refractivity contribution is 0.233. The van der Waals surface area contributed by atoms with Gasteiger partial charge in [0.05, 0.1) is 13.3 Å². The van der Waals surface area contributed by atoms with E-state index in [-0.39, 0.29) is 12.1 Å². The van der Waals surface area contributed by atoms with Gasteiger partial charge in [-0.3, -0.25) is 0 Å². The van der Waals surface area contributed by atoms with E-state index in [0.29, 0.717) is 12.1 Å². The van der Waals surface area contributed by atoms with Crippen LogP contribution < -0.4 is 15.4 Å². The minimum atomic E-state index is -0.175. The van der Waals surface area contributed by atoms with Crippen LogP contribution in [0.5, 0.6) is 5.75 Å². The summed E-state index contributed by atoms with van der Waals surface area (Å²) in [6.07, 6.45) is 6.80. The van der Waals surface area contributed by atoms with E-state index in [1.165, 1.54) is 11.1 Å². The van der Waals surface area contributed by atoms with Gasteiger partial charge in [-0.1, -0.05) is 18.2 Å². The molecular formula is C17H20N4O2. The molecule has 0 saturated carbocycles. The fourth-order valence-corrected chi connectivity index (χ4v) is 3.66. The molecule has 2 bridgehead atoms. The Labute approximate surface area is 134 Å². The Kier molecular flexibility index (Phi) is 3.53. The monoisotopic (exact) mass is 312 g/mol. The minimum absolute atomic E-state index is 0.175. The second-order valence-corrected chi connectivity index (χ2v) is 6.21. The summed E-state index contributed by atoms with van der Waals surface area (Å²) >= 11 is 0. The molecule has 1 aromatic heterocycles. The van der Waals surface area contributed by atoms with Crippen LogP contribution in [0.25, 0.3) is 11.1 Å². The second-order valence-electron chi connectivity index (χ2n) is 6.21. The molecule has 1 amide bonds. The number of carbonyl (C=O) groups excluding carboxylic acids is 1. The van der Waals surface area contributed by atoms with Crippen molar-refractivity contribution in [3.05, 3.63) is 36.7 Å². The molecule has 2 saturated heterocycles. The Morgan fingerprint density at radius 2 is 2.26 bits per heavy atom. The number of hydrogen-bond acceptors (Lipinski definition) is 4. The number of nitrogens with one attached hydrogen (secondary N) is 2. The standard InChI is InChI=1S/C17H20N4O2/c1-23-16-5-3-2-4-13(16)11-9-18-21(10-11)17(22)20-15-8-12-6-7-14(15)19-12/h2-5,9-10,12,14-15,19H,6-8H2,1H3,(H,20,22)/t12-,14+,15-/m1/s1. The topological polar surface area (TPSA) is 68.2 Å². The molecule has 1 aromatic carbocycles. The Morgan fingerprint density at radius 3 is 3.00 bits per heavy atom. The number of carbonyl (C=O) groups is 1. The first-order valence-corrected chi connectivity index (χ1v) is 7.99. The quantitative estimate of drug-likeness (QED) is 0.910. The average Bonchev–Trinajstić information content (AvgIpc) is 3.31. The molecule has 2 aromatic rings. The SMILES string of the molecule is COc1ccccc1-c1cnn(C(=O)N[C@@H]2C[C@H]3CC[C@@H]2N3)c1. The van der Waals surface area contributed by atoms with Crippen LogP contribution in [0.2, 0.25) is 0 Å². The molecular weight excluding hydrogens is 292 g/mol. The summed E-state index contributed by atoms with van der Waals surface area (Å²) in [5.74, 6) is 0.768. The number of fused-ring (bicyclic) bond motifs is 2. The molecule has 2 aliphatic heterocycles. The first kappa shape index (κ1) is 14.3. The lowest BCUT2D eigenvalue weighted by atomic mass is 9.96. The zero-order chi connectivity index (χ0) is 15.8. The van der Waals surface area contributed by atoms with Crippen molar-refractivity contribution in [3.8, 4) is 16.9 Å². The van der Waals surface area contributed by atoms with Gasteiger partial charge in [0.2, 0.25) is 0 Å². The predicted molar refractivity (Wildman–Crippen MR) is 86.5 cm³/mol. The zero-order valence-electron chi connectivity index (χ0n) is 13.0. The number of aromatic nitrogens is 2. The molecule has 6 heteroatoms. The smallest absolute Gasteiger partial charge is 0.342 e. The first-order chi connectivity index (χ1) is 11.2. The third-order valence-corrected chi connectivity index (χ3v) is 4.82. The summed E-state index contributed by atoms with van der Waals surface area (Å²) in [5.41, 5.74) is 1.79. The Balaban J connectivity index is 1.50. The van der Waals surface area contributed by atoms with Gasteiger partial charge in [0.25, 0.3) is 0 Å². The molecule has 3 heterocycles. The van der Waals surface area contributed by atoms with Crippen LogP contribution in [-0.4, -0.2) is 41.0 Å². The van der Waals surface area contributed by atoms with Crippen molar-refractivity contribution in [1.82, 2.24) is 20.4 Å². The summed E-state index contributed by atoms with van der Waals surface area (Å²) < 4.78 is 6.73. The third kappa shape index (κ3) is 2.59. The fraction of sp³-hybridized carbons (Fsp3) is 0.412. The van der Waals surface area contributed by atoms with Gasteiger partial charge in [0.15, 0.2) is 0 Å². The highest BCUT2D eigenvalue weighted by Gasteiger charge is 2.39. The Hall–Kier alpha value is -2.34. The lowest BCUT2D eigenvalue weighted by Crippen LogP contribution is -2.44. The summed E-state index contributed by atoms with van der Waals surface area (Å²) in [4.78, 5) is 12.4. The highest BCUT2D eigenvalue weighted by molar-refractivity contribution is 5.78. The molecule has 3 atom stereocenters. The van der Waals surface area contributed by atoms with Gasteiger partial charge in [-0.25, -0.2) is 4.79 Å².